The van der Waals surface area contributed by atoms with Crippen LogP contribution < -0.4 is 5.32 Å². The van der Waals surface area contributed by atoms with Gasteiger partial charge in [-0.1, -0.05) is 26.5 Å². The highest BCUT2D eigenvalue weighted by molar-refractivity contribution is 7.85. The molecule has 0 spiro atoms. The van der Waals surface area contributed by atoms with E-state index in [1.165, 1.54) is 18.0 Å². The molecule has 2 amide bonds. The topological polar surface area (TPSA) is 104 Å². The highest BCUT2D eigenvalue weighted by atomic mass is 32.2. The van der Waals surface area contributed by atoms with E-state index in [0.29, 0.717) is 6.42 Å². The number of hydrogen-bond acceptors (Lipinski definition) is 4. The Morgan fingerprint density at radius 1 is 1.52 bits per heavy atom. The summed E-state index contributed by atoms with van der Waals surface area (Å²) in [4.78, 5) is 24.9. The fourth-order valence-corrected chi connectivity index (χ4v) is 4.05. The molecular formula is C15H24N2O5S. The quantitative estimate of drug-likeness (QED) is 0.351. The van der Waals surface area contributed by atoms with Crippen molar-refractivity contribution in [2.75, 3.05) is 5.75 Å². The Balaban J connectivity index is 3.00. The summed E-state index contributed by atoms with van der Waals surface area (Å²) < 4.78 is 31.8. The average Bonchev–Trinajstić information content (AvgIpc) is 3.06. The molecule has 0 radical (unpaired) electrons. The number of rotatable bonds is 10. The maximum atomic E-state index is 11.8. The van der Waals surface area contributed by atoms with Crippen molar-refractivity contribution in [3.63, 3.8) is 0 Å². The first-order valence-corrected chi connectivity index (χ1v) is 9.02. The molecule has 130 valence electrons. The summed E-state index contributed by atoms with van der Waals surface area (Å²) in [6.07, 6.45) is 4.21. The molecule has 2 N–H and O–H groups in total. The van der Waals surface area contributed by atoms with Crippen molar-refractivity contribution < 1.29 is 22.6 Å². The number of amides is 2. The molecule has 1 saturated heterocycles. The highest BCUT2D eigenvalue weighted by Crippen LogP contribution is 2.36. The molecule has 0 aliphatic carbocycles. The van der Waals surface area contributed by atoms with E-state index in [9.17, 15) is 22.6 Å². The average molecular weight is 344 g/mol. The maximum absolute atomic E-state index is 11.8. The molecule has 3 unspecified atom stereocenters. The van der Waals surface area contributed by atoms with Gasteiger partial charge in [-0.05, 0) is 31.8 Å². The Kier molecular flexibility index (Phi) is 6.12. The van der Waals surface area contributed by atoms with Crippen LogP contribution in [0.15, 0.2) is 25.4 Å². The molecule has 1 fully saturated rings. The zero-order valence-corrected chi connectivity index (χ0v) is 14.3. The number of carbonyl (C=O) groups is 2. The first-order chi connectivity index (χ1) is 10.6. The minimum atomic E-state index is -4.30. The zero-order chi connectivity index (χ0) is 17.8. The lowest BCUT2D eigenvalue weighted by atomic mass is 9.85. The molecule has 1 heterocycles. The monoisotopic (exact) mass is 344 g/mol. The van der Waals surface area contributed by atoms with Crippen LogP contribution in [0.3, 0.4) is 0 Å². The van der Waals surface area contributed by atoms with Gasteiger partial charge in [-0.3, -0.25) is 14.1 Å². The van der Waals surface area contributed by atoms with Crippen molar-refractivity contribution in [2.45, 2.75) is 44.7 Å². The largest absolute Gasteiger partial charge is 0.346 e. The molecule has 8 heteroatoms. The molecule has 0 aromatic carbocycles. The minimum Gasteiger partial charge on any atom is -0.346 e. The van der Waals surface area contributed by atoms with E-state index < -0.39 is 27.3 Å². The van der Waals surface area contributed by atoms with Gasteiger partial charge < -0.3 is 10.2 Å². The molecule has 1 aliphatic heterocycles. The van der Waals surface area contributed by atoms with Crippen LogP contribution in [0.2, 0.25) is 0 Å². The Labute approximate surface area is 137 Å². The molecule has 0 saturated carbocycles. The fourth-order valence-electron chi connectivity index (χ4n) is 3.06. The Morgan fingerprint density at radius 2 is 2.13 bits per heavy atom. The van der Waals surface area contributed by atoms with Gasteiger partial charge in [-0.15, -0.1) is 0 Å². The zero-order valence-electron chi connectivity index (χ0n) is 13.5. The Hall–Kier alpha value is -1.67. The maximum Gasteiger partial charge on any atom is 0.267 e. The predicted molar refractivity (Wildman–Crippen MR) is 87.0 cm³/mol. The Bertz CT molecular complexity index is 601. The van der Waals surface area contributed by atoms with E-state index in [1.54, 1.807) is 0 Å². The Morgan fingerprint density at radius 3 is 2.52 bits per heavy atom. The van der Waals surface area contributed by atoms with Crippen molar-refractivity contribution in [1.29, 1.82) is 0 Å². The first kappa shape index (κ1) is 19.4. The standard InChI is InChI=1S/C15H24N2O5S/c1-5-8-11(13-14(19)17(13)7-3)9-15(4,10-23(20,21)22)16-12(18)6-2/h6-7,11,13H,2-3,5,8-10H2,1,4H3,(H,16,18)(H,20,21,22). The number of hydrogen-bond donors (Lipinski definition) is 2. The third-order valence-corrected chi connectivity index (χ3v) is 4.87. The lowest BCUT2D eigenvalue weighted by Crippen LogP contribution is -2.52. The highest BCUT2D eigenvalue weighted by Gasteiger charge is 2.51. The van der Waals surface area contributed by atoms with E-state index in [-0.39, 0.29) is 24.3 Å². The molecule has 7 nitrogen and oxygen atoms in total. The lowest BCUT2D eigenvalue weighted by molar-refractivity contribution is -0.118. The van der Waals surface area contributed by atoms with Gasteiger partial charge in [-0.2, -0.15) is 8.42 Å². The minimum absolute atomic E-state index is 0.0669. The third kappa shape index (κ3) is 5.47. The van der Waals surface area contributed by atoms with Gasteiger partial charge >= 0.3 is 0 Å². The molecule has 1 rings (SSSR count). The second-order valence-electron chi connectivity index (χ2n) is 6.11. The molecule has 23 heavy (non-hydrogen) atoms. The number of nitrogens with one attached hydrogen (secondary N) is 1. The molecule has 3 atom stereocenters. The van der Waals surface area contributed by atoms with Crippen LogP contribution in [0.1, 0.15) is 33.1 Å². The third-order valence-electron chi connectivity index (χ3n) is 3.87. The van der Waals surface area contributed by atoms with E-state index in [4.69, 9.17) is 0 Å². The fraction of sp³-hybridized carbons (Fsp3) is 0.600. The van der Waals surface area contributed by atoms with Crippen LogP contribution in [0, 0.1) is 5.92 Å². The summed E-state index contributed by atoms with van der Waals surface area (Å²) in [6.45, 7) is 10.4. The summed E-state index contributed by atoms with van der Waals surface area (Å²) in [5.74, 6) is -1.38. The number of nitrogens with zero attached hydrogens (tertiary/aromatic N) is 1. The SMILES string of the molecule is C=CC(=O)NC(C)(CC(CCC)C1C(=O)N1C=C)CS(=O)(=O)O. The summed E-state index contributed by atoms with van der Waals surface area (Å²) in [6, 6.07) is -0.353. The lowest BCUT2D eigenvalue weighted by Gasteiger charge is -2.32. The van der Waals surface area contributed by atoms with Crippen LogP contribution in [0.25, 0.3) is 0 Å². The van der Waals surface area contributed by atoms with E-state index in [2.05, 4.69) is 18.5 Å². The number of carbonyl (C=O) groups excluding carboxylic acids is 2. The second kappa shape index (κ2) is 7.27. The normalized spacial score (nSPS) is 21.3. The van der Waals surface area contributed by atoms with Gasteiger partial charge in [0.2, 0.25) is 5.91 Å². The molecule has 0 bridgehead atoms. The van der Waals surface area contributed by atoms with Crippen LogP contribution in [-0.4, -0.2) is 47.0 Å². The second-order valence-corrected chi connectivity index (χ2v) is 7.56. The van der Waals surface area contributed by atoms with Crippen molar-refractivity contribution in [3.05, 3.63) is 25.4 Å². The van der Waals surface area contributed by atoms with Crippen LogP contribution in [0.4, 0.5) is 0 Å². The van der Waals surface area contributed by atoms with Gasteiger partial charge in [-0.25, -0.2) is 0 Å². The molecule has 0 aromatic rings. The van der Waals surface area contributed by atoms with Gasteiger partial charge in [0.1, 0.15) is 6.04 Å². The van der Waals surface area contributed by atoms with Crippen molar-refractivity contribution in [2.24, 2.45) is 5.92 Å². The van der Waals surface area contributed by atoms with Crippen LogP contribution in [0.5, 0.6) is 0 Å². The van der Waals surface area contributed by atoms with E-state index in [0.717, 1.165) is 12.5 Å². The van der Waals surface area contributed by atoms with Gasteiger partial charge in [0.05, 0.1) is 11.3 Å². The van der Waals surface area contributed by atoms with Gasteiger partial charge in [0, 0.05) is 6.20 Å². The van der Waals surface area contributed by atoms with E-state index >= 15 is 0 Å². The summed E-state index contributed by atoms with van der Waals surface area (Å²) in [5.41, 5.74) is -1.20. The van der Waals surface area contributed by atoms with Gasteiger partial charge in [0.15, 0.2) is 0 Å². The molecule has 0 aromatic heterocycles. The van der Waals surface area contributed by atoms with Crippen molar-refractivity contribution in [1.82, 2.24) is 10.2 Å². The van der Waals surface area contributed by atoms with Gasteiger partial charge in [0.25, 0.3) is 16.0 Å². The molecule has 1 aliphatic rings. The predicted octanol–water partition coefficient (Wildman–Crippen LogP) is 1.10. The van der Waals surface area contributed by atoms with Crippen molar-refractivity contribution in [3.8, 4) is 0 Å². The van der Waals surface area contributed by atoms with Crippen molar-refractivity contribution >= 4 is 21.9 Å². The van der Waals surface area contributed by atoms with Crippen LogP contribution >= 0.6 is 0 Å². The van der Waals surface area contributed by atoms with Crippen LogP contribution in [-0.2, 0) is 19.7 Å². The smallest absolute Gasteiger partial charge is 0.267 e. The summed E-state index contributed by atoms with van der Waals surface area (Å²) >= 11 is 0. The summed E-state index contributed by atoms with van der Waals surface area (Å²) in [7, 11) is -4.30. The molecular weight excluding hydrogens is 320 g/mol. The van der Waals surface area contributed by atoms with E-state index in [1.807, 2.05) is 6.92 Å². The first-order valence-electron chi connectivity index (χ1n) is 7.41. The summed E-state index contributed by atoms with van der Waals surface area (Å²) in [5, 5.41) is 2.57.